The maximum Gasteiger partial charge on any atom is 0.282 e. The summed E-state index contributed by atoms with van der Waals surface area (Å²) in [6, 6.07) is 14.7. The lowest BCUT2D eigenvalue weighted by Gasteiger charge is -2.17. The number of benzene rings is 3. The molecule has 0 aliphatic carbocycles. The normalized spacial score (nSPS) is 12.1. The van der Waals surface area contributed by atoms with Crippen LogP contribution in [0.15, 0.2) is 71.8 Å². The van der Waals surface area contributed by atoms with Gasteiger partial charge in [-0.25, -0.2) is 4.98 Å². The van der Waals surface area contributed by atoms with Gasteiger partial charge in [0, 0.05) is 26.1 Å². The van der Waals surface area contributed by atoms with E-state index >= 15 is 0 Å². The molecule has 0 aliphatic rings. The number of nitrogens with zero attached hydrogens (tertiary/aromatic N) is 3. The van der Waals surface area contributed by atoms with Gasteiger partial charge in [-0.05, 0) is 88.5 Å². The van der Waals surface area contributed by atoms with E-state index in [0.29, 0.717) is 55.0 Å². The Bertz CT molecular complexity index is 1670. The first kappa shape index (κ1) is 30.9. The summed E-state index contributed by atoms with van der Waals surface area (Å²) >= 11 is 10.6. The number of fused-ring (bicyclic) bond motifs is 1. The summed E-state index contributed by atoms with van der Waals surface area (Å²) in [5.74, 6) is 1.05. The zero-order valence-electron chi connectivity index (χ0n) is 23.0. The van der Waals surface area contributed by atoms with Crippen molar-refractivity contribution in [2.45, 2.75) is 40.0 Å². The number of nitrogens with one attached hydrogen (secondary N) is 1. The number of halogens is 3. The van der Waals surface area contributed by atoms with Crippen LogP contribution in [0.2, 0.25) is 0 Å². The third-order valence-corrected chi connectivity index (χ3v) is 8.97. The van der Waals surface area contributed by atoms with Gasteiger partial charge in [0.15, 0.2) is 18.1 Å². The van der Waals surface area contributed by atoms with Crippen molar-refractivity contribution in [3.8, 4) is 11.5 Å². The van der Waals surface area contributed by atoms with Crippen LogP contribution in [0.5, 0.6) is 11.5 Å². The number of anilines is 1. The fraction of sp³-hybridized carbons (Fsp3) is 0.267. The fourth-order valence-corrected chi connectivity index (χ4v) is 5.26. The summed E-state index contributed by atoms with van der Waals surface area (Å²) in [5, 5.41) is 7.86. The van der Waals surface area contributed by atoms with Gasteiger partial charge in [-0.2, -0.15) is 9.78 Å². The van der Waals surface area contributed by atoms with Crippen molar-refractivity contribution < 1.29 is 14.3 Å². The SMILES string of the molecule is CCOc1cc(C=Nn2c([C@H](C)CC)nc3ccc(Br)cc3c2=O)c(Br)c(Br)c1OCC(=O)Nc1ccc(C)cc1. The molecule has 0 aliphatic heterocycles. The minimum atomic E-state index is -0.308. The summed E-state index contributed by atoms with van der Waals surface area (Å²) in [5.41, 5.74) is 2.78. The summed E-state index contributed by atoms with van der Waals surface area (Å²) in [6.07, 6.45) is 2.36. The van der Waals surface area contributed by atoms with Crippen molar-refractivity contribution in [3.05, 3.63) is 89.3 Å². The standard InChI is InChI=1S/C30H29Br3N4O4/c1-5-18(4)29-36-23-12-9-20(31)14-22(23)30(39)37(29)34-15-19-13-24(40-6-2)28(27(33)26(19)32)41-16-25(38)35-21-10-7-17(3)8-11-21/h7-15,18H,5-6,16H2,1-4H3,(H,35,38)/t18-/m1/s1. The van der Waals surface area contributed by atoms with E-state index in [0.717, 1.165) is 16.5 Å². The Balaban J connectivity index is 1.67. The Labute approximate surface area is 263 Å². The van der Waals surface area contributed by atoms with Crippen LogP contribution < -0.4 is 20.3 Å². The van der Waals surface area contributed by atoms with Gasteiger partial charge in [-0.1, -0.05) is 47.5 Å². The number of carbonyl (C=O) groups is 1. The molecule has 0 fully saturated rings. The van der Waals surface area contributed by atoms with Gasteiger partial charge in [0.2, 0.25) is 0 Å². The maximum atomic E-state index is 13.5. The molecule has 0 radical (unpaired) electrons. The third kappa shape index (κ3) is 7.25. The van der Waals surface area contributed by atoms with Gasteiger partial charge in [0.05, 0.1) is 28.2 Å². The molecule has 41 heavy (non-hydrogen) atoms. The molecule has 4 aromatic rings. The van der Waals surface area contributed by atoms with Crippen molar-refractivity contribution in [2.75, 3.05) is 18.5 Å². The molecule has 1 N–H and O–H groups in total. The van der Waals surface area contributed by atoms with Crippen LogP contribution in [0.4, 0.5) is 5.69 Å². The molecule has 214 valence electrons. The van der Waals surface area contributed by atoms with Crippen molar-refractivity contribution in [1.82, 2.24) is 9.66 Å². The lowest BCUT2D eigenvalue weighted by atomic mass is 10.1. The molecular weight excluding hydrogens is 720 g/mol. The summed E-state index contributed by atoms with van der Waals surface area (Å²) in [4.78, 5) is 30.8. The molecule has 0 saturated carbocycles. The highest BCUT2D eigenvalue weighted by molar-refractivity contribution is 9.13. The third-order valence-electron chi connectivity index (χ3n) is 6.34. The number of aromatic nitrogens is 2. The highest BCUT2D eigenvalue weighted by atomic mass is 79.9. The number of amides is 1. The molecule has 0 saturated heterocycles. The van der Waals surface area contributed by atoms with Crippen LogP contribution in [-0.2, 0) is 4.79 Å². The molecule has 11 heteroatoms. The molecule has 1 heterocycles. The van der Waals surface area contributed by atoms with Gasteiger partial charge in [0.25, 0.3) is 11.5 Å². The van der Waals surface area contributed by atoms with Crippen LogP contribution in [0.1, 0.15) is 50.1 Å². The minimum Gasteiger partial charge on any atom is -0.490 e. The first-order valence-electron chi connectivity index (χ1n) is 13.0. The van der Waals surface area contributed by atoms with E-state index < -0.39 is 0 Å². The lowest BCUT2D eigenvalue weighted by Crippen LogP contribution is -2.23. The Hall–Kier alpha value is -3.02. The summed E-state index contributed by atoms with van der Waals surface area (Å²) < 4.78 is 15.0. The zero-order valence-corrected chi connectivity index (χ0v) is 27.8. The smallest absolute Gasteiger partial charge is 0.282 e. The van der Waals surface area contributed by atoms with Gasteiger partial charge in [-0.3, -0.25) is 9.59 Å². The average Bonchev–Trinajstić information content (AvgIpc) is 2.95. The molecule has 3 aromatic carbocycles. The van der Waals surface area contributed by atoms with Crippen molar-refractivity contribution in [1.29, 1.82) is 0 Å². The van der Waals surface area contributed by atoms with E-state index in [1.54, 1.807) is 18.3 Å². The Kier molecular flexibility index (Phi) is 10.4. The molecule has 1 aromatic heterocycles. The number of ether oxygens (including phenoxy) is 2. The highest BCUT2D eigenvalue weighted by Gasteiger charge is 2.20. The van der Waals surface area contributed by atoms with E-state index in [9.17, 15) is 9.59 Å². The van der Waals surface area contributed by atoms with Gasteiger partial charge >= 0.3 is 0 Å². The molecule has 0 spiro atoms. The van der Waals surface area contributed by atoms with Crippen LogP contribution in [-0.4, -0.2) is 35.0 Å². The predicted molar refractivity (Wildman–Crippen MR) is 174 cm³/mol. The fourth-order valence-electron chi connectivity index (χ4n) is 3.97. The molecule has 4 rings (SSSR count). The molecule has 1 amide bonds. The highest BCUT2D eigenvalue weighted by Crippen LogP contribution is 2.42. The van der Waals surface area contributed by atoms with Crippen LogP contribution in [0.3, 0.4) is 0 Å². The Morgan fingerprint density at radius 2 is 1.80 bits per heavy atom. The molecule has 0 bridgehead atoms. The number of rotatable bonds is 10. The summed E-state index contributed by atoms with van der Waals surface area (Å²) in [7, 11) is 0. The average molecular weight is 749 g/mol. The number of aryl methyl sites for hydroxylation is 1. The van der Waals surface area contributed by atoms with E-state index in [4.69, 9.17) is 14.5 Å². The topological polar surface area (TPSA) is 94.8 Å². The predicted octanol–water partition coefficient (Wildman–Crippen LogP) is 7.80. The Morgan fingerprint density at radius 3 is 2.49 bits per heavy atom. The first-order valence-corrected chi connectivity index (χ1v) is 15.4. The summed E-state index contributed by atoms with van der Waals surface area (Å²) in [6.45, 7) is 8.04. The van der Waals surface area contributed by atoms with Crippen molar-refractivity contribution >= 4 is 76.5 Å². The minimum absolute atomic E-state index is 0.00360. The second-order valence-electron chi connectivity index (χ2n) is 9.36. The van der Waals surface area contributed by atoms with E-state index in [1.807, 2.05) is 64.1 Å². The number of hydrogen-bond acceptors (Lipinski definition) is 6. The van der Waals surface area contributed by atoms with Crippen LogP contribution in [0.25, 0.3) is 10.9 Å². The molecule has 8 nitrogen and oxygen atoms in total. The second-order valence-corrected chi connectivity index (χ2v) is 11.9. The second kappa shape index (κ2) is 13.8. The molecule has 1 atom stereocenters. The zero-order chi connectivity index (χ0) is 29.7. The molecular formula is C30H29Br3N4O4. The van der Waals surface area contributed by atoms with Crippen molar-refractivity contribution in [2.24, 2.45) is 5.10 Å². The monoisotopic (exact) mass is 746 g/mol. The lowest BCUT2D eigenvalue weighted by molar-refractivity contribution is -0.118. The van der Waals surface area contributed by atoms with Crippen LogP contribution >= 0.6 is 47.8 Å². The maximum absolute atomic E-state index is 13.5. The quantitative estimate of drug-likeness (QED) is 0.167. The largest absolute Gasteiger partial charge is 0.490 e. The first-order chi connectivity index (χ1) is 19.6. The van der Waals surface area contributed by atoms with Gasteiger partial charge in [-0.15, -0.1) is 0 Å². The number of hydrogen-bond donors (Lipinski definition) is 1. The van der Waals surface area contributed by atoms with Gasteiger partial charge in [0.1, 0.15) is 5.82 Å². The van der Waals surface area contributed by atoms with E-state index in [1.165, 1.54) is 4.68 Å². The van der Waals surface area contributed by atoms with Crippen LogP contribution in [0, 0.1) is 6.92 Å². The van der Waals surface area contributed by atoms with Gasteiger partial charge < -0.3 is 14.8 Å². The van der Waals surface area contributed by atoms with Crippen molar-refractivity contribution in [3.63, 3.8) is 0 Å². The van der Waals surface area contributed by atoms with E-state index in [-0.39, 0.29) is 24.0 Å². The Morgan fingerprint density at radius 1 is 1.07 bits per heavy atom. The van der Waals surface area contributed by atoms with E-state index in [2.05, 4.69) is 58.2 Å². The number of carbonyl (C=O) groups excluding carboxylic acids is 1. The molecule has 0 unspecified atom stereocenters.